The Morgan fingerprint density at radius 1 is 1.14 bits per heavy atom. The van der Waals surface area contributed by atoms with Gasteiger partial charge in [0.1, 0.15) is 16.4 Å². The fourth-order valence-corrected chi connectivity index (χ4v) is 3.77. The molecule has 4 aromatic rings. The fraction of sp³-hybridized carbons (Fsp3) is 0. The number of carbonyl (C=O) groups is 1. The molecule has 1 N–H and O–H groups in total. The molecule has 0 radical (unpaired) electrons. The van der Waals surface area contributed by atoms with Crippen molar-refractivity contribution >= 4 is 50.4 Å². The number of nitrogens with zero attached hydrogens (tertiary/aromatic N) is 3. The van der Waals surface area contributed by atoms with Gasteiger partial charge in [-0.2, -0.15) is 0 Å². The van der Waals surface area contributed by atoms with Gasteiger partial charge in [-0.05, 0) is 24.3 Å². The molecule has 0 atom stereocenters. The molecule has 0 aliphatic rings. The molecule has 0 unspecified atom stereocenters. The molecule has 0 saturated heterocycles. The second kappa shape index (κ2) is 7.34. The molecule has 0 saturated carbocycles. The van der Waals surface area contributed by atoms with Crippen LogP contribution in [-0.2, 0) is 0 Å². The zero-order valence-corrected chi connectivity index (χ0v) is 15.7. The van der Waals surface area contributed by atoms with Crippen molar-refractivity contribution < 1.29 is 9.72 Å². The van der Waals surface area contributed by atoms with Crippen molar-refractivity contribution in [2.24, 2.45) is 0 Å². The smallest absolute Gasteiger partial charge is 0.288 e. The Morgan fingerprint density at radius 3 is 2.75 bits per heavy atom. The summed E-state index contributed by atoms with van der Waals surface area (Å²) in [4.78, 5) is 31.1. The van der Waals surface area contributed by atoms with E-state index in [9.17, 15) is 14.9 Å². The number of nitro groups is 1. The molecule has 28 heavy (non-hydrogen) atoms. The maximum atomic E-state index is 12.5. The van der Waals surface area contributed by atoms with Crippen LogP contribution in [0.4, 0.5) is 11.4 Å². The lowest BCUT2D eigenvalue weighted by Crippen LogP contribution is -2.13. The van der Waals surface area contributed by atoms with Gasteiger partial charge in [-0.3, -0.25) is 14.9 Å². The summed E-state index contributed by atoms with van der Waals surface area (Å²) < 4.78 is 1.07. The Balaban J connectivity index is 1.62. The predicted molar refractivity (Wildman–Crippen MR) is 109 cm³/mol. The van der Waals surface area contributed by atoms with E-state index in [4.69, 9.17) is 11.6 Å². The molecule has 2 aromatic carbocycles. The molecule has 1 amide bonds. The average molecular weight is 411 g/mol. The minimum absolute atomic E-state index is 0.0683. The van der Waals surface area contributed by atoms with E-state index in [-0.39, 0.29) is 16.4 Å². The highest BCUT2D eigenvalue weighted by molar-refractivity contribution is 7.21. The highest BCUT2D eigenvalue weighted by Gasteiger charge is 2.17. The van der Waals surface area contributed by atoms with Gasteiger partial charge >= 0.3 is 0 Å². The van der Waals surface area contributed by atoms with Gasteiger partial charge in [0.2, 0.25) is 0 Å². The van der Waals surface area contributed by atoms with Crippen LogP contribution >= 0.6 is 22.9 Å². The van der Waals surface area contributed by atoms with Gasteiger partial charge in [0, 0.05) is 17.3 Å². The van der Waals surface area contributed by atoms with Gasteiger partial charge in [0.15, 0.2) is 0 Å². The number of anilines is 1. The second-order valence-electron chi connectivity index (χ2n) is 5.81. The number of thiazole rings is 1. The standard InChI is InChI=1S/C19H11ClN4O3S/c20-17-14(9-13(10-21-17)24(26)27)18(25)22-12-5-3-4-11(8-12)19-23-15-6-1-2-7-16(15)28-19/h1-10H,(H,22,25). The third-order valence-electron chi connectivity index (χ3n) is 3.94. The molecular formula is C19H11ClN4O3S. The molecule has 2 heterocycles. The number of fused-ring (bicyclic) bond motifs is 1. The molecule has 0 fully saturated rings. The molecule has 138 valence electrons. The number of para-hydroxylation sites is 1. The summed E-state index contributed by atoms with van der Waals surface area (Å²) in [6.45, 7) is 0. The zero-order chi connectivity index (χ0) is 19.7. The highest BCUT2D eigenvalue weighted by Crippen LogP contribution is 2.31. The number of amides is 1. The maximum Gasteiger partial charge on any atom is 0.288 e. The first-order valence-electron chi connectivity index (χ1n) is 8.08. The van der Waals surface area contributed by atoms with Gasteiger partial charge in [0.25, 0.3) is 11.6 Å². The summed E-state index contributed by atoms with van der Waals surface area (Å²) in [5.41, 5.74) is 1.90. The SMILES string of the molecule is O=C(Nc1cccc(-c2nc3ccccc3s2)c1)c1cc([N+](=O)[O-])cnc1Cl. The summed E-state index contributed by atoms with van der Waals surface area (Å²) in [6.07, 6.45) is 1.01. The number of hydrogen-bond acceptors (Lipinski definition) is 6. The number of hydrogen-bond donors (Lipinski definition) is 1. The van der Waals surface area contributed by atoms with E-state index in [1.807, 2.05) is 30.3 Å². The lowest BCUT2D eigenvalue weighted by Gasteiger charge is -2.07. The molecule has 2 aromatic heterocycles. The summed E-state index contributed by atoms with van der Waals surface area (Å²) >= 11 is 7.48. The summed E-state index contributed by atoms with van der Waals surface area (Å²) in [6, 6.07) is 16.1. The van der Waals surface area contributed by atoms with Gasteiger partial charge in [0.05, 0.1) is 20.7 Å². The maximum absolute atomic E-state index is 12.5. The number of nitrogens with one attached hydrogen (secondary N) is 1. The summed E-state index contributed by atoms with van der Waals surface area (Å²) in [5.74, 6) is -0.581. The van der Waals surface area contributed by atoms with Crippen LogP contribution in [0.1, 0.15) is 10.4 Å². The Bertz CT molecular complexity index is 1190. The fourth-order valence-electron chi connectivity index (χ4n) is 2.62. The van der Waals surface area contributed by atoms with E-state index >= 15 is 0 Å². The minimum atomic E-state index is -0.631. The van der Waals surface area contributed by atoms with E-state index in [1.165, 1.54) is 0 Å². The first-order valence-corrected chi connectivity index (χ1v) is 9.28. The molecule has 9 heteroatoms. The average Bonchev–Trinajstić information content (AvgIpc) is 3.12. The highest BCUT2D eigenvalue weighted by atomic mass is 35.5. The van der Waals surface area contributed by atoms with Gasteiger partial charge in [-0.25, -0.2) is 9.97 Å². The van der Waals surface area contributed by atoms with Crippen LogP contribution in [0.3, 0.4) is 0 Å². The Kier molecular flexibility index (Phi) is 4.72. The number of pyridine rings is 1. The largest absolute Gasteiger partial charge is 0.322 e. The Hall–Kier alpha value is -3.36. The van der Waals surface area contributed by atoms with E-state index in [0.717, 1.165) is 33.1 Å². The topological polar surface area (TPSA) is 98.0 Å². The van der Waals surface area contributed by atoms with Crippen LogP contribution in [0, 0.1) is 10.1 Å². The third kappa shape index (κ3) is 3.55. The molecule has 7 nitrogen and oxygen atoms in total. The third-order valence-corrected chi connectivity index (χ3v) is 5.33. The van der Waals surface area contributed by atoms with E-state index in [2.05, 4.69) is 15.3 Å². The lowest BCUT2D eigenvalue weighted by atomic mass is 10.2. The Labute approximate surface area is 167 Å². The number of rotatable bonds is 4. The van der Waals surface area contributed by atoms with Crippen molar-refractivity contribution in [1.29, 1.82) is 0 Å². The van der Waals surface area contributed by atoms with Crippen LogP contribution in [-0.4, -0.2) is 20.8 Å². The minimum Gasteiger partial charge on any atom is -0.322 e. The summed E-state index contributed by atoms with van der Waals surface area (Å²) in [7, 11) is 0. The van der Waals surface area contributed by atoms with Crippen molar-refractivity contribution in [2.45, 2.75) is 0 Å². The van der Waals surface area contributed by atoms with Crippen molar-refractivity contribution in [2.75, 3.05) is 5.32 Å². The van der Waals surface area contributed by atoms with Crippen LogP contribution < -0.4 is 5.32 Å². The van der Waals surface area contributed by atoms with Crippen LogP contribution in [0.15, 0.2) is 60.8 Å². The monoisotopic (exact) mass is 410 g/mol. The summed E-state index contributed by atoms with van der Waals surface area (Å²) in [5, 5.41) is 14.3. The number of halogens is 1. The predicted octanol–water partition coefficient (Wildman–Crippen LogP) is 5.17. The molecule has 0 aliphatic heterocycles. The first kappa shape index (κ1) is 18.0. The molecule has 0 aliphatic carbocycles. The molecule has 0 spiro atoms. The van der Waals surface area contributed by atoms with Gasteiger partial charge in [-0.1, -0.05) is 35.9 Å². The zero-order valence-electron chi connectivity index (χ0n) is 14.1. The van der Waals surface area contributed by atoms with Gasteiger partial charge in [-0.15, -0.1) is 11.3 Å². The lowest BCUT2D eigenvalue weighted by molar-refractivity contribution is -0.385. The van der Waals surface area contributed by atoms with Gasteiger partial charge < -0.3 is 5.32 Å². The van der Waals surface area contributed by atoms with E-state index in [1.54, 1.807) is 29.5 Å². The van der Waals surface area contributed by atoms with Crippen molar-refractivity contribution in [3.05, 3.63) is 81.6 Å². The Morgan fingerprint density at radius 2 is 1.96 bits per heavy atom. The van der Waals surface area contributed by atoms with Crippen molar-refractivity contribution in [3.8, 4) is 10.6 Å². The number of carbonyl (C=O) groups excluding carboxylic acids is 1. The van der Waals surface area contributed by atoms with Crippen molar-refractivity contribution in [1.82, 2.24) is 9.97 Å². The normalized spacial score (nSPS) is 10.8. The van der Waals surface area contributed by atoms with Crippen LogP contribution in [0.5, 0.6) is 0 Å². The number of aromatic nitrogens is 2. The first-order chi connectivity index (χ1) is 13.5. The quantitative estimate of drug-likeness (QED) is 0.284. The van der Waals surface area contributed by atoms with Crippen LogP contribution in [0.25, 0.3) is 20.8 Å². The van der Waals surface area contributed by atoms with E-state index < -0.39 is 10.8 Å². The molecule has 4 rings (SSSR count). The number of benzene rings is 2. The van der Waals surface area contributed by atoms with E-state index in [0.29, 0.717) is 5.69 Å². The van der Waals surface area contributed by atoms with Crippen LogP contribution in [0.2, 0.25) is 5.15 Å². The van der Waals surface area contributed by atoms with Crippen molar-refractivity contribution in [3.63, 3.8) is 0 Å². The molecule has 0 bridgehead atoms. The second-order valence-corrected chi connectivity index (χ2v) is 7.20. The molecular weight excluding hydrogens is 400 g/mol.